The Bertz CT molecular complexity index is 546. The van der Waals surface area contributed by atoms with Crippen LogP contribution in [0.25, 0.3) is 0 Å². The first-order chi connectivity index (χ1) is 11.7. The first kappa shape index (κ1) is 17.3. The second-order valence-electron chi connectivity index (χ2n) is 7.22. The summed E-state index contributed by atoms with van der Waals surface area (Å²) < 4.78 is 0. The highest BCUT2D eigenvalue weighted by Crippen LogP contribution is 2.28. The average Bonchev–Trinajstić information content (AvgIpc) is 2.64. The maximum Gasteiger partial charge on any atom is 0.256 e. The number of carbonyl (C=O) groups is 1. The SMILES string of the molecule is CCN(C(=O)c1ccccc1N1CCC(N)CC1)C1CCCCC1. The standard InChI is InChI=1S/C20H31N3O/c1-2-23(17-8-4-3-5-9-17)20(24)18-10-6-7-11-19(18)22-14-12-16(21)13-15-22/h6-7,10-11,16-17H,2-5,8-9,12-15,21H2,1H3. The summed E-state index contributed by atoms with van der Waals surface area (Å²) in [5.41, 5.74) is 7.99. The van der Waals surface area contributed by atoms with Crippen LogP contribution in [0.5, 0.6) is 0 Å². The highest BCUT2D eigenvalue weighted by atomic mass is 16.2. The minimum atomic E-state index is 0.204. The number of amides is 1. The normalized spacial score (nSPS) is 20.2. The van der Waals surface area contributed by atoms with Crippen molar-refractivity contribution in [3.8, 4) is 0 Å². The number of hydrogen-bond acceptors (Lipinski definition) is 3. The predicted octanol–water partition coefficient (Wildman–Crippen LogP) is 3.41. The molecule has 132 valence electrons. The molecule has 2 fully saturated rings. The van der Waals surface area contributed by atoms with Crippen molar-refractivity contribution in [1.82, 2.24) is 4.90 Å². The van der Waals surface area contributed by atoms with E-state index in [0.29, 0.717) is 12.1 Å². The van der Waals surface area contributed by atoms with Crippen LogP contribution < -0.4 is 10.6 Å². The number of rotatable bonds is 4. The Hall–Kier alpha value is -1.55. The van der Waals surface area contributed by atoms with Crippen molar-refractivity contribution in [2.24, 2.45) is 5.73 Å². The zero-order valence-corrected chi connectivity index (χ0v) is 14.9. The highest BCUT2D eigenvalue weighted by Gasteiger charge is 2.28. The fraction of sp³-hybridized carbons (Fsp3) is 0.650. The Balaban J connectivity index is 1.81. The van der Waals surface area contributed by atoms with Crippen molar-refractivity contribution in [2.45, 2.75) is 64.0 Å². The van der Waals surface area contributed by atoms with Gasteiger partial charge in [-0.3, -0.25) is 4.79 Å². The van der Waals surface area contributed by atoms with Crippen LogP contribution >= 0.6 is 0 Å². The molecule has 1 aliphatic carbocycles. The number of para-hydroxylation sites is 1. The first-order valence-corrected chi connectivity index (χ1v) is 9.61. The third-order valence-electron chi connectivity index (χ3n) is 5.63. The van der Waals surface area contributed by atoms with Gasteiger partial charge in [-0.05, 0) is 44.7 Å². The van der Waals surface area contributed by atoms with Crippen LogP contribution in [0.1, 0.15) is 62.2 Å². The van der Waals surface area contributed by atoms with Gasteiger partial charge in [-0.2, -0.15) is 0 Å². The second kappa shape index (κ2) is 8.02. The van der Waals surface area contributed by atoms with Crippen LogP contribution in [0.2, 0.25) is 0 Å². The molecule has 1 amide bonds. The van der Waals surface area contributed by atoms with Crippen molar-refractivity contribution >= 4 is 11.6 Å². The van der Waals surface area contributed by atoms with Crippen molar-refractivity contribution in [3.63, 3.8) is 0 Å². The summed E-state index contributed by atoms with van der Waals surface area (Å²) in [6.07, 6.45) is 8.12. The lowest BCUT2D eigenvalue weighted by Crippen LogP contribution is -2.43. The molecule has 1 saturated heterocycles. The maximum atomic E-state index is 13.3. The molecule has 2 N–H and O–H groups in total. The van der Waals surface area contributed by atoms with Gasteiger partial charge in [-0.25, -0.2) is 0 Å². The van der Waals surface area contributed by atoms with Gasteiger partial charge in [-0.1, -0.05) is 31.4 Å². The van der Waals surface area contributed by atoms with Crippen LogP contribution in [0.3, 0.4) is 0 Å². The van der Waals surface area contributed by atoms with E-state index in [9.17, 15) is 4.79 Å². The minimum absolute atomic E-state index is 0.204. The fourth-order valence-electron chi connectivity index (χ4n) is 4.19. The summed E-state index contributed by atoms with van der Waals surface area (Å²) in [7, 11) is 0. The molecule has 2 aliphatic rings. The molecule has 0 aromatic heterocycles. The Morgan fingerprint density at radius 3 is 2.46 bits per heavy atom. The fourth-order valence-corrected chi connectivity index (χ4v) is 4.19. The summed E-state index contributed by atoms with van der Waals surface area (Å²) >= 11 is 0. The third-order valence-corrected chi connectivity index (χ3v) is 5.63. The molecule has 1 aliphatic heterocycles. The third kappa shape index (κ3) is 3.75. The Kier molecular flexibility index (Phi) is 5.77. The summed E-state index contributed by atoms with van der Waals surface area (Å²) in [5, 5.41) is 0. The van der Waals surface area contributed by atoms with Gasteiger partial charge in [0, 0.05) is 37.4 Å². The zero-order valence-electron chi connectivity index (χ0n) is 14.9. The van der Waals surface area contributed by atoms with E-state index in [1.54, 1.807) is 0 Å². The molecule has 4 heteroatoms. The van der Waals surface area contributed by atoms with E-state index in [2.05, 4.69) is 22.8 Å². The molecule has 0 spiro atoms. The minimum Gasteiger partial charge on any atom is -0.371 e. The number of nitrogens with two attached hydrogens (primary N) is 1. The molecule has 1 aromatic rings. The Morgan fingerprint density at radius 2 is 1.79 bits per heavy atom. The maximum absolute atomic E-state index is 13.3. The van der Waals surface area contributed by atoms with Crippen molar-refractivity contribution < 1.29 is 4.79 Å². The molecule has 3 rings (SSSR count). The van der Waals surface area contributed by atoms with E-state index in [1.165, 1.54) is 19.3 Å². The molecule has 24 heavy (non-hydrogen) atoms. The Labute approximate surface area is 146 Å². The monoisotopic (exact) mass is 329 g/mol. The number of anilines is 1. The van der Waals surface area contributed by atoms with Crippen molar-refractivity contribution in [2.75, 3.05) is 24.5 Å². The topological polar surface area (TPSA) is 49.6 Å². The average molecular weight is 329 g/mol. The van der Waals surface area contributed by atoms with Gasteiger partial charge in [0.2, 0.25) is 0 Å². The smallest absolute Gasteiger partial charge is 0.256 e. The van der Waals surface area contributed by atoms with Crippen molar-refractivity contribution in [3.05, 3.63) is 29.8 Å². The first-order valence-electron chi connectivity index (χ1n) is 9.61. The molecular formula is C20H31N3O. The van der Waals surface area contributed by atoms with Gasteiger partial charge < -0.3 is 15.5 Å². The van der Waals surface area contributed by atoms with Gasteiger partial charge in [0.05, 0.1) is 5.56 Å². The number of benzene rings is 1. The van der Waals surface area contributed by atoms with Gasteiger partial charge in [0.25, 0.3) is 5.91 Å². The summed E-state index contributed by atoms with van der Waals surface area (Å²) in [4.78, 5) is 17.7. The molecule has 1 aromatic carbocycles. The van der Waals surface area contributed by atoms with Gasteiger partial charge in [-0.15, -0.1) is 0 Å². The molecular weight excluding hydrogens is 298 g/mol. The molecule has 0 unspecified atom stereocenters. The van der Waals surface area contributed by atoms with Crippen LogP contribution in [0.4, 0.5) is 5.69 Å². The molecule has 0 bridgehead atoms. The zero-order chi connectivity index (χ0) is 16.9. The van der Waals surface area contributed by atoms with E-state index in [1.807, 2.05) is 18.2 Å². The highest BCUT2D eigenvalue weighted by molar-refractivity contribution is 6.00. The molecule has 1 heterocycles. The van der Waals surface area contributed by atoms with Crippen LogP contribution in [0.15, 0.2) is 24.3 Å². The lowest BCUT2D eigenvalue weighted by atomic mass is 9.93. The van der Waals surface area contributed by atoms with E-state index in [-0.39, 0.29) is 5.91 Å². The van der Waals surface area contributed by atoms with E-state index < -0.39 is 0 Å². The summed E-state index contributed by atoms with van der Waals surface area (Å²) in [6, 6.07) is 8.84. The van der Waals surface area contributed by atoms with Crippen molar-refractivity contribution in [1.29, 1.82) is 0 Å². The lowest BCUT2D eigenvalue weighted by Gasteiger charge is -2.36. The largest absolute Gasteiger partial charge is 0.371 e. The van der Waals surface area contributed by atoms with Gasteiger partial charge >= 0.3 is 0 Å². The number of nitrogens with zero attached hydrogens (tertiary/aromatic N) is 2. The molecule has 4 nitrogen and oxygen atoms in total. The van der Waals surface area contributed by atoms with E-state index >= 15 is 0 Å². The van der Waals surface area contributed by atoms with E-state index in [4.69, 9.17) is 5.73 Å². The number of piperidine rings is 1. The van der Waals surface area contributed by atoms with Gasteiger partial charge in [0.15, 0.2) is 0 Å². The quantitative estimate of drug-likeness (QED) is 0.921. The predicted molar refractivity (Wildman–Crippen MR) is 99.4 cm³/mol. The Morgan fingerprint density at radius 1 is 1.12 bits per heavy atom. The molecule has 0 atom stereocenters. The van der Waals surface area contributed by atoms with Crippen LogP contribution in [-0.2, 0) is 0 Å². The van der Waals surface area contributed by atoms with E-state index in [0.717, 1.165) is 56.6 Å². The molecule has 0 radical (unpaired) electrons. The summed E-state index contributed by atoms with van der Waals surface area (Å²) in [6.45, 7) is 4.79. The van der Waals surface area contributed by atoms with Gasteiger partial charge in [0.1, 0.15) is 0 Å². The second-order valence-corrected chi connectivity index (χ2v) is 7.22. The lowest BCUT2D eigenvalue weighted by molar-refractivity contribution is 0.0648. The number of hydrogen-bond donors (Lipinski definition) is 1. The number of carbonyl (C=O) groups excluding carboxylic acids is 1. The van der Waals surface area contributed by atoms with Crippen LogP contribution in [0, 0.1) is 0 Å². The summed E-state index contributed by atoms with van der Waals surface area (Å²) in [5.74, 6) is 0.204. The molecule has 1 saturated carbocycles. The van der Waals surface area contributed by atoms with Crippen LogP contribution in [-0.4, -0.2) is 42.5 Å².